The number of carbonyl (C=O) groups is 1. The van der Waals surface area contributed by atoms with Crippen LogP contribution in [0.25, 0.3) is 11.0 Å². The monoisotopic (exact) mass is 420 g/mol. The molecule has 4 rings (SSSR count). The molecule has 1 saturated heterocycles. The van der Waals surface area contributed by atoms with E-state index in [1.807, 2.05) is 42.5 Å². The number of para-hydroxylation sites is 1. The molecule has 0 saturated carbocycles. The first kappa shape index (κ1) is 20.9. The second-order valence-electron chi connectivity index (χ2n) is 7.62. The summed E-state index contributed by atoms with van der Waals surface area (Å²) in [6.07, 6.45) is 1.37. The normalized spacial score (nSPS) is 16.5. The molecule has 1 aliphatic heterocycles. The zero-order valence-corrected chi connectivity index (χ0v) is 17.9. The lowest BCUT2D eigenvalue weighted by molar-refractivity contribution is -0.124. The summed E-state index contributed by atoms with van der Waals surface area (Å²) >= 11 is 0. The van der Waals surface area contributed by atoms with E-state index in [2.05, 4.69) is 33.9 Å². The fraction of sp³-hybridized carbons (Fsp3) is 0.333. The highest BCUT2D eigenvalue weighted by Gasteiger charge is 2.23. The third-order valence-electron chi connectivity index (χ3n) is 5.46. The zero-order valence-electron chi connectivity index (χ0n) is 17.9. The molecule has 162 valence electrons. The van der Waals surface area contributed by atoms with Crippen LogP contribution in [0.5, 0.6) is 0 Å². The highest BCUT2D eigenvalue weighted by Crippen LogP contribution is 2.24. The fourth-order valence-electron chi connectivity index (χ4n) is 3.73. The Morgan fingerprint density at radius 1 is 1.13 bits per heavy atom. The van der Waals surface area contributed by atoms with E-state index in [1.54, 1.807) is 7.05 Å². The van der Waals surface area contributed by atoms with Crippen molar-refractivity contribution in [2.24, 2.45) is 4.99 Å². The first-order chi connectivity index (χ1) is 15.1. The zero-order chi connectivity index (χ0) is 21.6. The molecule has 1 atom stereocenters. The summed E-state index contributed by atoms with van der Waals surface area (Å²) in [5, 5.41) is 10.7. The SMILES string of the molecule is CN=C(NCc1cccc(NC(=O)C2CCCO2)c1)NCc1oc2ccccc2c1C. The van der Waals surface area contributed by atoms with Gasteiger partial charge >= 0.3 is 0 Å². The summed E-state index contributed by atoms with van der Waals surface area (Å²) in [6, 6.07) is 15.8. The molecular weight excluding hydrogens is 392 g/mol. The van der Waals surface area contributed by atoms with Gasteiger partial charge in [0, 0.05) is 36.8 Å². The second kappa shape index (κ2) is 9.66. The van der Waals surface area contributed by atoms with Gasteiger partial charge in [0.1, 0.15) is 17.4 Å². The Labute approximate surface area is 181 Å². The number of fused-ring (bicyclic) bond motifs is 1. The van der Waals surface area contributed by atoms with Crippen LogP contribution in [-0.4, -0.2) is 31.6 Å². The molecule has 3 N–H and O–H groups in total. The van der Waals surface area contributed by atoms with E-state index in [-0.39, 0.29) is 12.0 Å². The van der Waals surface area contributed by atoms with Gasteiger partial charge in [0.2, 0.25) is 0 Å². The van der Waals surface area contributed by atoms with Gasteiger partial charge in [0.15, 0.2) is 5.96 Å². The number of amides is 1. The summed E-state index contributed by atoms with van der Waals surface area (Å²) in [6.45, 7) is 3.83. The maximum atomic E-state index is 12.3. The average Bonchev–Trinajstić information content (AvgIpc) is 3.43. The minimum atomic E-state index is -0.341. The summed E-state index contributed by atoms with van der Waals surface area (Å²) < 4.78 is 11.4. The summed E-state index contributed by atoms with van der Waals surface area (Å²) in [4.78, 5) is 16.6. The van der Waals surface area contributed by atoms with Gasteiger partial charge in [-0.1, -0.05) is 30.3 Å². The highest BCUT2D eigenvalue weighted by atomic mass is 16.5. The Balaban J connectivity index is 1.32. The number of aliphatic imine (C=N–C) groups is 1. The summed E-state index contributed by atoms with van der Waals surface area (Å²) in [5.74, 6) is 1.48. The van der Waals surface area contributed by atoms with Crippen molar-refractivity contribution in [3.8, 4) is 0 Å². The topological polar surface area (TPSA) is 87.9 Å². The number of carbonyl (C=O) groups excluding carboxylic acids is 1. The van der Waals surface area contributed by atoms with Crippen LogP contribution in [0.4, 0.5) is 5.69 Å². The van der Waals surface area contributed by atoms with Gasteiger partial charge in [-0.15, -0.1) is 0 Å². The van der Waals surface area contributed by atoms with Crippen LogP contribution in [0, 0.1) is 6.92 Å². The number of benzene rings is 2. The number of nitrogens with zero attached hydrogens (tertiary/aromatic N) is 1. The minimum Gasteiger partial charge on any atom is -0.459 e. The first-order valence-electron chi connectivity index (χ1n) is 10.6. The maximum Gasteiger partial charge on any atom is 0.253 e. The molecule has 1 aromatic heterocycles. The number of hydrogen-bond donors (Lipinski definition) is 3. The Morgan fingerprint density at radius 3 is 2.74 bits per heavy atom. The van der Waals surface area contributed by atoms with E-state index in [4.69, 9.17) is 9.15 Å². The minimum absolute atomic E-state index is 0.0821. The van der Waals surface area contributed by atoms with Gasteiger partial charge < -0.3 is 25.1 Å². The third kappa shape index (κ3) is 5.06. The number of rotatable bonds is 6. The molecule has 2 aromatic carbocycles. The Morgan fingerprint density at radius 2 is 1.97 bits per heavy atom. The molecule has 2 heterocycles. The smallest absolute Gasteiger partial charge is 0.253 e. The van der Waals surface area contributed by atoms with Crippen molar-refractivity contribution in [1.82, 2.24) is 10.6 Å². The van der Waals surface area contributed by atoms with Crippen LogP contribution in [0.1, 0.15) is 29.7 Å². The van der Waals surface area contributed by atoms with E-state index in [0.29, 0.717) is 25.7 Å². The molecule has 7 heteroatoms. The number of hydrogen-bond acceptors (Lipinski definition) is 4. The lowest BCUT2D eigenvalue weighted by atomic mass is 10.1. The molecule has 1 aliphatic rings. The second-order valence-corrected chi connectivity index (χ2v) is 7.62. The van der Waals surface area contributed by atoms with Gasteiger partial charge in [0.05, 0.1) is 6.54 Å². The lowest BCUT2D eigenvalue weighted by Crippen LogP contribution is -2.36. The van der Waals surface area contributed by atoms with E-state index in [0.717, 1.165) is 46.4 Å². The van der Waals surface area contributed by atoms with Crippen molar-refractivity contribution in [1.29, 1.82) is 0 Å². The maximum absolute atomic E-state index is 12.3. The number of ether oxygens (including phenoxy) is 1. The standard InChI is InChI=1S/C24H28N4O3/c1-16-19-9-3-4-10-20(19)31-22(16)15-27-24(25-2)26-14-17-7-5-8-18(13-17)28-23(29)21-11-6-12-30-21/h3-5,7-10,13,21H,6,11-12,14-15H2,1-2H3,(H,28,29)(H2,25,26,27). The van der Waals surface area contributed by atoms with E-state index in [1.165, 1.54) is 0 Å². The fourth-order valence-corrected chi connectivity index (χ4v) is 3.73. The number of furan rings is 1. The Bertz CT molecular complexity index is 1080. The van der Waals surface area contributed by atoms with Gasteiger partial charge in [0.25, 0.3) is 5.91 Å². The number of nitrogens with one attached hydrogen (secondary N) is 3. The summed E-state index contributed by atoms with van der Waals surface area (Å²) in [5.41, 5.74) is 3.82. The largest absolute Gasteiger partial charge is 0.459 e. The van der Waals surface area contributed by atoms with E-state index < -0.39 is 0 Å². The average molecular weight is 421 g/mol. The quantitative estimate of drug-likeness (QED) is 0.418. The van der Waals surface area contributed by atoms with Crippen LogP contribution < -0.4 is 16.0 Å². The van der Waals surface area contributed by atoms with Crippen LogP contribution >= 0.6 is 0 Å². The van der Waals surface area contributed by atoms with Gasteiger partial charge in [-0.05, 0) is 43.5 Å². The van der Waals surface area contributed by atoms with Crippen LogP contribution in [-0.2, 0) is 22.6 Å². The molecule has 0 spiro atoms. The van der Waals surface area contributed by atoms with Crippen molar-refractivity contribution >= 4 is 28.5 Å². The summed E-state index contributed by atoms with van der Waals surface area (Å²) in [7, 11) is 1.74. The number of aryl methyl sites for hydroxylation is 1. The van der Waals surface area contributed by atoms with Crippen LogP contribution in [0.3, 0.4) is 0 Å². The van der Waals surface area contributed by atoms with Gasteiger partial charge in [-0.2, -0.15) is 0 Å². The van der Waals surface area contributed by atoms with Crippen LogP contribution in [0.15, 0.2) is 57.9 Å². The van der Waals surface area contributed by atoms with Crippen molar-refractivity contribution in [3.05, 3.63) is 65.4 Å². The van der Waals surface area contributed by atoms with Gasteiger partial charge in [-0.3, -0.25) is 9.79 Å². The Kier molecular flexibility index (Phi) is 6.52. The molecule has 3 aromatic rings. The first-order valence-corrected chi connectivity index (χ1v) is 10.6. The molecular formula is C24H28N4O3. The molecule has 0 radical (unpaired) electrons. The predicted molar refractivity (Wildman–Crippen MR) is 122 cm³/mol. The molecule has 31 heavy (non-hydrogen) atoms. The molecule has 7 nitrogen and oxygen atoms in total. The molecule has 1 amide bonds. The molecule has 1 fully saturated rings. The van der Waals surface area contributed by atoms with Crippen molar-refractivity contribution in [3.63, 3.8) is 0 Å². The Hall–Kier alpha value is -3.32. The number of guanidine groups is 1. The predicted octanol–water partition coefficient (Wildman–Crippen LogP) is 3.72. The van der Waals surface area contributed by atoms with Crippen molar-refractivity contribution < 1.29 is 13.9 Å². The van der Waals surface area contributed by atoms with E-state index >= 15 is 0 Å². The molecule has 0 aliphatic carbocycles. The lowest BCUT2D eigenvalue weighted by Gasteiger charge is -2.13. The molecule has 1 unspecified atom stereocenters. The van der Waals surface area contributed by atoms with Crippen molar-refractivity contribution in [2.75, 3.05) is 19.0 Å². The molecule has 0 bridgehead atoms. The third-order valence-corrected chi connectivity index (χ3v) is 5.46. The van der Waals surface area contributed by atoms with Gasteiger partial charge in [-0.25, -0.2) is 0 Å². The van der Waals surface area contributed by atoms with E-state index in [9.17, 15) is 4.79 Å². The van der Waals surface area contributed by atoms with Crippen LogP contribution in [0.2, 0.25) is 0 Å². The number of anilines is 1. The van der Waals surface area contributed by atoms with Crippen molar-refractivity contribution in [2.45, 2.75) is 39.0 Å². The highest BCUT2D eigenvalue weighted by molar-refractivity contribution is 5.94.